The van der Waals surface area contributed by atoms with Crippen LogP contribution in [-0.2, 0) is 14.9 Å². The molecule has 1 unspecified atom stereocenters. The fourth-order valence-electron chi connectivity index (χ4n) is 2.91. The number of nitriles is 1. The van der Waals surface area contributed by atoms with Gasteiger partial charge in [0.05, 0.1) is 11.5 Å². The first-order chi connectivity index (χ1) is 10.1. The zero-order chi connectivity index (χ0) is 15.3. The number of rotatable bonds is 4. The lowest BCUT2D eigenvalue weighted by atomic mass is 9.74. The van der Waals surface area contributed by atoms with E-state index < -0.39 is 11.5 Å². The Morgan fingerprint density at radius 2 is 2.00 bits per heavy atom. The molecule has 4 nitrogen and oxygen atoms in total. The summed E-state index contributed by atoms with van der Waals surface area (Å²) in [5.41, 5.74) is 0.588. The van der Waals surface area contributed by atoms with E-state index in [1.165, 1.54) is 0 Å². The third-order valence-electron chi connectivity index (χ3n) is 4.23. The van der Waals surface area contributed by atoms with Gasteiger partial charge in [0.25, 0.3) is 5.91 Å². The summed E-state index contributed by atoms with van der Waals surface area (Å²) >= 11 is 0. The fourth-order valence-corrected chi connectivity index (χ4v) is 2.91. The largest absolute Gasteiger partial charge is 0.369 e. The van der Waals surface area contributed by atoms with E-state index in [0.29, 0.717) is 32.5 Å². The summed E-state index contributed by atoms with van der Waals surface area (Å²) in [6.07, 6.45) is 0.956. The zero-order valence-corrected chi connectivity index (χ0v) is 12.7. The molecule has 4 heteroatoms. The van der Waals surface area contributed by atoms with E-state index in [9.17, 15) is 10.1 Å². The van der Waals surface area contributed by atoms with Crippen molar-refractivity contribution in [2.75, 3.05) is 19.7 Å². The monoisotopic (exact) mass is 286 g/mol. The summed E-state index contributed by atoms with van der Waals surface area (Å²) in [6, 6.07) is 12.4. The lowest BCUT2D eigenvalue weighted by Crippen LogP contribution is -2.48. The summed E-state index contributed by atoms with van der Waals surface area (Å²) in [4.78, 5) is 14.1. The molecule has 2 rings (SSSR count). The maximum Gasteiger partial charge on any atom is 0.251 e. The van der Waals surface area contributed by atoms with E-state index in [1.54, 1.807) is 6.92 Å². The maximum absolute atomic E-state index is 12.2. The van der Waals surface area contributed by atoms with Crippen LogP contribution >= 0.6 is 0 Å². The number of carbonyl (C=O) groups excluding carboxylic acids is 1. The number of carbonyl (C=O) groups is 1. The van der Waals surface area contributed by atoms with E-state index in [2.05, 4.69) is 6.07 Å². The Morgan fingerprint density at radius 1 is 1.38 bits per heavy atom. The van der Waals surface area contributed by atoms with Gasteiger partial charge >= 0.3 is 0 Å². The molecule has 1 saturated heterocycles. The number of piperidine rings is 1. The average Bonchev–Trinajstić information content (AvgIpc) is 2.55. The van der Waals surface area contributed by atoms with Gasteiger partial charge in [0.2, 0.25) is 0 Å². The van der Waals surface area contributed by atoms with Crippen molar-refractivity contribution in [3.05, 3.63) is 35.9 Å². The van der Waals surface area contributed by atoms with Gasteiger partial charge in [-0.1, -0.05) is 30.3 Å². The van der Waals surface area contributed by atoms with Gasteiger partial charge in [-0.05, 0) is 32.3 Å². The molecule has 0 N–H and O–H groups in total. The Labute approximate surface area is 126 Å². The highest BCUT2D eigenvalue weighted by Crippen LogP contribution is 2.35. The van der Waals surface area contributed by atoms with Crippen molar-refractivity contribution >= 4 is 5.91 Å². The number of hydrogen-bond acceptors (Lipinski definition) is 3. The zero-order valence-electron chi connectivity index (χ0n) is 12.7. The van der Waals surface area contributed by atoms with Crippen LogP contribution < -0.4 is 0 Å². The Balaban J connectivity index is 2.05. The topological polar surface area (TPSA) is 53.3 Å². The quantitative estimate of drug-likeness (QED) is 0.854. The molecule has 0 aromatic heterocycles. The van der Waals surface area contributed by atoms with E-state index in [1.807, 2.05) is 42.2 Å². The highest BCUT2D eigenvalue weighted by molar-refractivity contribution is 5.80. The van der Waals surface area contributed by atoms with Crippen LogP contribution in [0.4, 0.5) is 0 Å². The van der Waals surface area contributed by atoms with E-state index in [4.69, 9.17) is 4.74 Å². The standard InChI is InChI=1S/C17H22N2O2/c1-3-21-14(2)16(20)19-11-9-17(13-18,10-12-19)15-7-5-4-6-8-15/h4-8,14H,3,9-12H2,1-2H3. The van der Waals surface area contributed by atoms with Crippen LogP contribution in [0.15, 0.2) is 30.3 Å². The van der Waals surface area contributed by atoms with Crippen LogP contribution in [0.2, 0.25) is 0 Å². The molecule has 1 heterocycles. The highest BCUT2D eigenvalue weighted by Gasteiger charge is 2.38. The molecule has 0 saturated carbocycles. The van der Waals surface area contributed by atoms with Crippen molar-refractivity contribution in [3.63, 3.8) is 0 Å². The molecule has 1 fully saturated rings. The summed E-state index contributed by atoms with van der Waals surface area (Å²) < 4.78 is 5.36. The molecule has 112 valence electrons. The fraction of sp³-hybridized carbons (Fsp3) is 0.529. The molecular weight excluding hydrogens is 264 g/mol. The van der Waals surface area contributed by atoms with Gasteiger partial charge in [0.1, 0.15) is 6.10 Å². The molecule has 1 aromatic carbocycles. The molecule has 0 radical (unpaired) electrons. The Morgan fingerprint density at radius 3 is 2.52 bits per heavy atom. The Hall–Kier alpha value is -1.86. The lowest BCUT2D eigenvalue weighted by Gasteiger charge is -2.38. The van der Waals surface area contributed by atoms with Gasteiger partial charge in [-0.15, -0.1) is 0 Å². The van der Waals surface area contributed by atoms with Gasteiger partial charge < -0.3 is 9.64 Å². The first-order valence-electron chi connectivity index (χ1n) is 7.50. The third kappa shape index (κ3) is 3.25. The Bertz CT molecular complexity index is 513. The summed E-state index contributed by atoms with van der Waals surface area (Å²) in [5, 5.41) is 9.64. The van der Waals surface area contributed by atoms with Crippen LogP contribution in [0.5, 0.6) is 0 Å². The lowest BCUT2D eigenvalue weighted by molar-refractivity contribution is -0.143. The number of amides is 1. The summed E-state index contributed by atoms with van der Waals surface area (Å²) in [7, 11) is 0. The molecular formula is C17H22N2O2. The van der Waals surface area contributed by atoms with Gasteiger partial charge in [0.15, 0.2) is 0 Å². The van der Waals surface area contributed by atoms with Gasteiger partial charge in [-0.3, -0.25) is 4.79 Å². The van der Waals surface area contributed by atoms with Crippen molar-refractivity contribution in [2.45, 2.75) is 38.2 Å². The van der Waals surface area contributed by atoms with Crippen LogP contribution in [0.25, 0.3) is 0 Å². The van der Waals surface area contributed by atoms with Crippen LogP contribution in [-0.4, -0.2) is 36.6 Å². The van der Waals surface area contributed by atoms with Gasteiger partial charge in [0, 0.05) is 19.7 Å². The molecule has 21 heavy (non-hydrogen) atoms. The molecule has 1 aliphatic heterocycles. The Kier molecular flexibility index (Phi) is 4.98. The van der Waals surface area contributed by atoms with Crippen molar-refractivity contribution < 1.29 is 9.53 Å². The van der Waals surface area contributed by atoms with Crippen molar-refractivity contribution in [1.82, 2.24) is 4.90 Å². The maximum atomic E-state index is 12.2. The number of ether oxygens (including phenoxy) is 1. The van der Waals surface area contributed by atoms with E-state index in [0.717, 1.165) is 5.56 Å². The molecule has 1 atom stereocenters. The summed E-state index contributed by atoms with van der Waals surface area (Å²) in [6.45, 7) is 5.43. The van der Waals surface area contributed by atoms with Crippen LogP contribution in [0.1, 0.15) is 32.3 Å². The minimum Gasteiger partial charge on any atom is -0.369 e. The summed E-state index contributed by atoms with van der Waals surface area (Å²) in [5.74, 6) is 0.0245. The molecule has 0 spiro atoms. The van der Waals surface area contributed by atoms with Gasteiger partial charge in [-0.2, -0.15) is 5.26 Å². The van der Waals surface area contributed by atoms with Crippen molar-refractivity contribution in [2.24, 2.45) is 0 Å². The minimum atomic E-state index is -0.465. The SMILES string of the molecule is CCOC(C)C(=O)N1CCC(C#N)(c2ccccc2)CC1. The van der Waals surface area contributed by atoms with Crippen LogP contribution in [0, 0.1) is 11.3 Å². The average molecular weight is 286 g/mol. The van der Waals surface area contributed by atoms with Crippen molar-refractivity contribution in [1.29, 1.82) is 5.26 Å². The van der Waals surface area contributed by atoms with E-state index >= 15 is 0 Å². The van der Waals surface area contributed by atoms with Gasteiger partial charge in [-0.25, -0.2) is 0 Å². The molecule has 1 aliphatic rings. The molecule has 0 bridgehead atoms. The highest BCUT2D eigenvalue weighted by atomic mass is 16.5. The predicted molar refractivity (Wildman–Crippen MR) is 80.6 cm³/mol. The smallest absolute Gasteiger partial charge is 0.251 e. The van der Waals surface area contributed by atoms with Crippen LogP contribution in [0.3, 0.4) is 0 Å². The second kappa shape index (κ2) is 6.73. The normalized spacial score (nSPS) is 18.8. The van der Waals surface area contributed by atoms with E-state index in [-0.39, 0.29) is 5.91 Å². The number of nitrogens with zero attached hydrogens (tertiary/aromatic N) is 2. The second-order valence-corrected chi connectivity index (χ2v) is 5.48. The van der Waals surface area contributed by atoms with Crippen molar-refractivity contribution in [3.8, 4) is 6.07 Å². The molecule has 1 amide bonds. The predicted octanol–water partition coefficient (Wildman–Crippen LogP) is 2.50. The number of benzene rings is 1. The molecule has 1 aromatic rings. The second-order valence-electron chi connectivity index (χ2n) is 5.48. The molecule has 0 aliphatic carbocycles. The number of hydrogen-bond donors (Lipinski definition) is 0. The minimum absolute atomic E-state index is 0.0245. The number of likely N-dealkylation sites (tertiary alicyclic amines) is 1. The third-order valence-corrected chi connectivity index (χ3v) is 4.23. The first-order valence-corrected chi connectivity index (χ1v) is 7.50. The first kappa shape index (κ1) is 15.5.